The van der Waals surface area contributed by atoms with Gasteiger partial charge in [0.25, 0.3) is 0 Å². The third-order valence-electron chi connectivity index (χ3n) is 7.67. The Hall–Kier alpha value is -1.18. The number of aromatic nitrogens is 4. The molecule has 0 aromatic carbocycles. The van der Waals surface area contributed by atoms with E-state index in [4.69, 9.17) is 30.6 Å². The van der Waals surface area contributed by atoms with Crippen molar-refractivity contribution in [2.45, 2.75) is 56.6 Å². The summed E-state index contributed by atoms with van der Waals surface area (Å²) >= 11 is 6.27. The van der Waals surface area contributed by atoms with Crippen molar-refractivity contribution in [3.8, 4) is 0 Å². The first-order valence-corrected chi connectivity index (χ1v) is 16.0. The van der Waals surface area contributed by atoms with E-state index < -0.39 is 51.7 Å². The Labute approximate surface area is 217 Å². The van der Waals surface area contributed by atoms with Gasteiger partial charge in [0, 0.05) is 13.1 Å². The van der Waals surface area contributed by atoms with Crippen LogP contribution in [0, 0.1) is 11.8 Å². The Kier molecular flexibility index (Phi) is 7.24. The van der Waals surface area contributed by atoms with Gasteiger partial charge < -0.3 is 39.1 Å². The van der Waals surface area contributed by atoms with Crippen LogP contribution in [0.3, 0.4) is 0 Å². The molecule has 1 saturated carbocycles. The molecule has 1 unspecified atom stereocenters. The highest BCUT2D eigenvalue weighted by Gasteiger charge is 2.56. The van der Waals surface area contributed by atoms with Crippen molar-refractivity contribution in [2.75, 3.05) is 30.5 Å². The number of hydrogen-bond acceptors (Lipinski definition) is 10. The molecule has 0 radical (unpaired) electrons. The van der Waals surface area contributed by atoms with Gasteiger partial charge in [-0.3, -0.25) is 9.13 Å². The van der Waals surface area contributed by atoms with Crippen molar-refractivity contribution in [3.63, 3.8) is 0 Å². The molecule has 5 N–H and O–H groups in total. The average molecular weight is 582 g/mol. The minimum atomic E-state index is -4.84. The molecule has 0 spiro atoms. The van der Waals surface area contributed by atoms with E-state index >= 15 is 0 Å². The number of ether oxygens (including phenoxy) is 1. The van der Waals surface area contributed by atoms with Crippen LogP contribution >= 0.6 is 26.8 Å². The van der Waals surface area contributed by atoms with Crippen molar-refractivity contribution >= 4 is 43.6 Å². The van der Waals surface area contributed by atoms with E-state index in [1.54, 1.807) is 13.1 Å². The summed E-state index contributed by atoms with van der Waals surface area (Å²) in [4.78, 5) is 38.8. The van der Waals surface area contributed by atoms with Crippen LogP contribution in [0.25, 0.3) is 11.0 Å². The lowest BCUT2D eigenvalue weighted by molar-refractivity contribution is -0.0919. The highest BCUT2D eigenvalue weighted by Crippen LogP contribution is 2.56. The average Bonchev–Trinajstić information content (AvgIpc) is 3.54. The SMILES string of the molecule is CC[C@@]1(O)[C@@H](COP(=O)(O)CP(=O)(O)O)O[C@@H](n2ncc3c(N4C[C@H]5CCC[C@H]5C4)nc(Cl)nc32)[C@@H]1O. The molecule has 1 aliphatic carbocycles. The van der Waals surface area contributed by atoms with Crippen LogP contribution in [-0.2, 0) is 18.4 Å². The first-order chi connectivity index (χ1) is 17.3. The monoisotopic (exact) mass is 581 g/mol. The lowest BCUT2D eigenvalue weighted by Crippen LogP contribution is -2.48. The molecule has 0 bridgehead atoms. The summed E-state index contributed by atoms with van der Waals surface area (Å²) in [6.45, 7) is 2.58. The zero-order valence-corrected chi connectivity index (χ0v) is 22.5. The van der Waals surface area contributed by atoms with Gasteiger partial charge in [-0.15, -0.1) is 0 Å². The van der Waals surface area contributed by atoms with Crippen LogP contribution in [-0.4, -0.2) is 88.1 Å². The summed E-state index contributed by atoms with van der Waals surface area (Å²) in [5.41, 5.74) is -1.64. The van der Waals surface area contributed by atoms with Crippen LogP contribution in [0.1, 0.15) is 38.8 Å². The Morgan fingerprint density at radius 2 is 1.89 bits per heavy atom. The van der Waals surface area contributed by atoms with Gasteiger partial charge in [0.1, 0.15) is 23.6 Å². The number of aliphatic hydroxyl groups is 2. The second-order valence-electron chi connectivity index (χ2n) is 10.0. The molecule has 2 saturated heterocycles. The zero-order valence-electron chi connectivity index (χ0n) is 20.0. The lowest BCUT2D eigenvalue weighted by atomic mass is 9.90. The second-order valence-corrected chi connectivity index (χ2v) is 14.4. The van der Waals surface area contributed by atoms with E-state index in [-0.39, 0.29) is 17.4 Å². The smallest absolute Gasteiger partial charge is 0.340 e. The molecule has 3 aliphatic rings. The molecule has 2 aromatic rings. The maximum absolute atomic E-state index is 12.1. The molecule has 5 rings (SSSR count). The summed E-state index contributed by atoms with van der Waals surface area (Å²) in [6.07, 6.45) is 0.991. The normalized spacial score (nSPS) is 33.8. The molecule has 17 heteroatoms. The van der Waals surface area contributed by atoms with Gasteiger partial charge in [0.05, 0.1) is 18.2 Å². The fourth-order valence-electron chi connectivity index (χ4n) is 5.79. The van der Waals surface area contributed by atoms with Gasteiger partial charge >= 0.3 is 15.2 Å². The summed E-state index contributed by atoms with van der Waals surface area (Å²) in [6, 6.07) is 0. The molecule has 37 heavy (non-hydrogen) atoms. The van der Waals surface area contributed by atoms with E-state index in [0.717, 1.165) is 13.1 Å². The first-order valence-electron chi connectivity index (χ1n) is 12.0. The number of hydrogen-bond donors (Lipinski definition) is 5. The Balaban J connectivity index is 1.42. The third kappa shape index (κ3) is 5.21. The standard InChI is InChI=1S/C20H30ClN5O9P2/c1-2-20(28)14(9-34-37(32,33)10-36(29,30)31)35-18(15(20)27)26-17-13(6-22-26)16(23-19(21)24-17)25-7-11-4-3-5-12(11)8-25/h6,11-12,14-15,18,27-28H,2-5,7-10H2,1H3,(H,32,33)(H2,29,30,31)/t11-,12+,14-,15+,18-,20-/m1/s1. The Morgan fingerprint density at radius 1 is 1.22 bits per heavy atom. The second kappa shape index (κ2) is 9.78. The van der Waals surface area contributed by atoms with Gasteiger partial charge in [0.2, 0.25) is 5.28 Å². The molecule has 7 atom stereocenters. The minimum absolute atomic E-state index is 0.0157. The molecular formula is C20H30ClN5O9P2. The summed E-state index contributed by atoms with van der Waals surface area (Å²) in [7, 11) is -9.55. The van der Waals surface area contributed by atoms with Crippen LogP contribution in [0.2, 0.25) is 5.28 Å². The molecule has 2 aromatic heterocycles. The number of fused-ring (bicyclic) bond motifs is 2. The van der Waals surface area contributed by atoms with Crippen LogP contribution in [0.15, 0.2) is 6.20 Å². The van der Waals surface area contributed by atoms with Gasteiger partial charge in [-0.1, -0.05) is 13.3 Å². The molecule has 14 nitrogen and oxygen atoms in total. The quantitative estimate of drug-likeness (QED) is 0.222. The summed E-state index contributed by atoms with van der Waals surface area (Å²) in [5, 5.41) is 27.2. The van der Waals surface area contributed by atoms with Crippen molar-refractivity contribution in [1.82, 2.24) is 19.7 Å². The first kappa shape index (κ1) is 27.4. The van der Waals surface area contributed by atoms with Crippen molar-refractivity contribution in [2.24, 2.45) is 11.8 Å². The number of anilines is 1. The van der Waals surface area contributed by atoms with Crippen LogP contribution < -0.4 is 4.90 Å². The topological polar surface area (TPSA) is 201 Å². The maximum atomic E-state index is 12.1. The highest BCUT2D eigenvalue weighted by atomic mass is 35.5. The summed E-state index contributed by atoms with van der Waals surface area (Å²) in [5.74, 6) is 0.454. The van der Waals surface area contributed by atoms with Crippen LogP contribution in [0.5, 0.6) is 0 Å². The van der Waals surface area contributed by atoms with Gasteiger partial charge in [-0.25, -0.2) is 4.68 Å². The fraction of sp³-hybridized carbons (Fsp3) is 0.750. The number of halogens is 1. The van der Waals surface area contributed by atoms with E-state index in [1.807, 2.05) is 0 Å². The van der Waals surface area contributed by atoms with E-state index in [0.29, 0.717) is 23.0 Å². The lowest BCUT2D eigenvalue weighted by Gasteiger charge is -2.29. The zero-order chi connectivity index (χ0) is 26.8. The van der Waals surface area contributed by atoms with E-state index in [1.165, 1.54) is 23.9 Å². The molecule has 4 heterocycles. The van der Waals surface area contributed by atoms with Crippen molar-refractivity contribution in [3.05, 3.63) is 11.5 Å². The van der Waals surface area contributed by atoms with E-state index in [9.17, 15) is 24.2 Å². The molecule has 3 fully saturated rings. The molecule has 2 aliphatic heterocycles. The number of aliphatic hydroxyl groups excluding tert-OH is 1. The van der Waals surface area contributed by atoms with Crippen molar-refractivity contribution < 1.29 is 43.3 Å². The highest BCUT2D eigenvalue weighted by molar-refractivity contribution is 7.70. The third-order valence-corrected chi connectivity index (χ3v) is 11.3. The predicted octanol–water partition coefficient (Wildman–Crippen LogP) is 1.45. The number of nitrogens with zero attached hydrogens (tertiary/aromatic N) is 5. The van der Waals surface area contributed by atoms with Gasteiger partial charge in [-0.2, -0.15) is 15.1 Å². The van der Waals surface area contributed by atoms with Crippen molar-refractivity contribution in [1.29, 1.82) is 0 Å². The Bertz CT molecular complexity index is 1260. The van der Waals surface area contributed by atoms with Gasteiger partial charge in [-0.05, 0) is 42.7 Å². The van der Waals surface area contributed by atoms with Crippen LogP contribution in [0.4, 0.5) is 5.82 Å². The maximum Gasteiger partial charge on any atom is 0.340 e. The predicted molar refractivity (Wildman–Crippen MR) is 131 cm³/mol. The molecular weight excluding hydrogens is 552 g/mol. The molecule has 0 amide bonds. The number of rotatable bonds is 8. The fourth-order valence-corrected chi connectivity index (χ4v) is 8.51. The largest absolute Gasteiger partial charge is 0.385 e. The van der Waals surface area contributed by atoms with E-state index in [2.05, 4.69) is 20.0 Å². The Morgan fingerprint density at radius 3 is 2.51 bits per heavy atom. The van der Waals surface area contributed by atoms with Gasteiger partial charge in [0.15, 0.2) is 17.8 Å². The summed E-state index contributed by atoms with van der Waals surface area (Å²) < 4.78 is 35.3. The molecule has 206 valence electrons. The minimum Gasteiger partial charge on any atom is -0.385 e.